The van der Waals surface area contributed by atoms with Crippen molar-refractivity contribution in [2.24, 2.45) is 12.1 Å². The Balaban J connectivity index is 1.57. The Hall–Kier alpha value is -2.96. The molecule has 0 saturated carbocycles. The Morgan fingerprint density at radius 1 is 1.27 bits per heavy atom. The van der Waals surface area contributed by atoms with Crippen LogP contribution in [0.3, 0.4) is 0 Å². The van der Waals surface area contributed by atoms with E-state index < -0.39 is 6.04 Å². The number of nitrogens with zero attached hydrogens (tertiary/aromatic N) is 4. The van der Waals surface area contributed by atoms with Crippen LogP contribution >= 0.6 is 0 Å². The molecule has 0 saturated heterocycles. The lowest BCUT2D eigenvalue weighted by Crippen LogP contribution is -2.34. The SMILES string of the molecule is CC(=O)C1CC(C(=O)NCCCc2cnn(C)c2)=NN1c1ccccc1. The van der Waals surface area contributed by atoms with Gasteiger partial charge in [0.2, 0.25) is 0 Å². The zero-order chi connectivity index (χ0) is 18.5. The number of hydrazone groups is 1. The van der Waals surface area contributed by atoms with E-state index in [-0.39, 0.29) is 11.7 Å². The number of hydrogen-bond acceptors (Lipinski definition) is 5. The van der Waals surface area contributed by atoms with Crippen molar-refractivity contribution in [3.63, 3.8) is 0 Å². The number of benzene rings is 1. The van der Waals surface area contributed by atoms with Crippen LogP contribution in [-0.4, -0.2) is 39.8 Å². The van der Waals surface area contributed by atoms with Gasteiger partial charge in [0, 0.05) is 26.2 Å². The quantitative estimate of drug-likeness (QED) is 0.768. The lowest BCUT2D eigenvalue weighted by atomic mass is 10.1. The van der Waals surface area contributed by atoms with Crippen molar-refractivity contribution in [1.29, 1.82) is 0 Å². The molecule has 1 N–H and O–H groups in total. The van der Waals surface area contributed by atoms with Crippen LogP contribution in [-0.2, 0) is 23.1 Å². The molecular formula is C19H23N5O2. The minimum atomic E-state index is -0.423. The van der Waals surface area contributed by atoms with E-state index in [2.05, 4.69) is 15.5 Å². The lowest BCUT2D eigenvalue weighted by molar-refractivity contribution is -0.118. The number of aryl methyl sites for hydroxylation is 2. The fourth-order valence-electron chi connectivity index (χ4n) is 2.98. The topological polar surface area (TPSA) is 79.6 Å². The summed E-state index contributed by atoms with van der Waals surface area (Å²) in [6.45, 7) is 2.09. The summed E-state index contributed by atoms with van der Waals surface area (Å²) in [6.07, 6.45) is 5.81. The zero-order valence-electron chi connectivity index (χ0n) is 15.1. The van der Waals surface area contributed by atoms with Crippen LogP contribution in [0.25, 0.3) is 0 Å². The van der Waals surface area contributed by atoms with Gasteiger partial charge in [-0.05, 0) is 37.5 Å². The van der Waals surface area contributed by atoms with E-state index in [4.69, 9.17) is 0 Å². The smallest absolute Gasteiger partial charge is 0.267 e. The van der Waals surface area contributed by atoms with E-state index in [1.165, 1.54) is 6.92 Å². The standard InChI is InChI=1S/C19H23N5O2/c1-14(25)18-11-17(22-24(18)16-8-4-3-5-9-16)19(26)20-10-6-7-15-12-21-23(2)13-15/h3-5,8-9,12-13,18H,6-7,10-11H2,1-2H3,(H,20,26). The van der Waals surface area contributed by atoms with Gasteiger partial charge >= 0.3 is 0 Å². The summed E-state index contributed by atoms with van der Waals surface area (Å²) in [5, 5.41) is 13.1. The summed E-state index contributed by atoms with van der Waals surface area (Å²) < 4.78 is 1.77. The highest BCUT2D eigenvalue weighted by atomic mass is 16.2. The van der Waals surface area contributed by atoms with Crippen LogP contribution in [0.1, 0.15) is 25.3 Å². The third-order valence-corrected chi connectivity index (χ3v) is 4.35. The number of hydrogen-bond donors (Lipinski definition) is 1. The summed E-state index contributed by atoms with van der Waals surface area (Å²) in [6, 6.07) is 9.02. The van der Waals surface area contributed by atoms with E-state index in [9.17, 15) is 9.59 Å². The Bertz CT molecular complexity index is 812. The van der Waals surface area contributed by atoms with Gasteiger partial charge in [0.15, 0.2) is 5.78 Å². The normalized spacial score (nSPS) is 16.5. The van der Waals surface area contributed by atoms with Crippen molar-refractivity contribution < 1.29 is 9.59 Å². The van der Waals surface area contributed by atoms with Gasteiger partial charge in [0.1, 0.15) is 11.8 Å². The van der Waals surface area contributed by atoms with E-state index >= 15 is 0 Å². The molecule has 1 aliphatic rings. The second kappa shape index (κ2) is 7.95. The minimum absolute atomic E-state index is 0.00280. The first-order chi connectivity index (χ1) is 12.5. The number of ketones is 1. The maximum Gasteiger partial charge on any atom is 0.267 e. The largest absolute Gasteiger partial charge is 0.351 e. The predicted molar refractivity (Wildman–Crippen MR) is 100.0 cm³/mol. The van der Waals surface area contributed by atoms with Crippen LogP contribution in [0, 0.1) is 0 Å². The number of rotatable bonds is 7. The number of para-hydroxylation sites is 1. The van der Waals surface area contributed by atoms with E-state index in [0.717, 1.165) is 24.1 Å². The van der Waals surface area contributed by atoms with Gasteiger partial charge in [-0.1, -0.05) is 18.2 Å². The van der Waals surface area contributed by atoms with Crippen LogP contribution in [0.2, 0.25) is 0 Å². The number of aromatic nitrogens is 2. The van der Waals surface area contributed by atoms with E-state index in [0.29, 0.717) is 18.7 Å². The van der Waals surface area contributed by atoms with Crippen molar-refractivity contribution in [2.45, 2.75) is 32.2 Å². The van der Waals surface area contributed by atoms with Crippen molar-refractivity contribution in [2.75, 3.05) is 11.6 Å². The molecule has 0 fully saturated rings. The van der Waals surface area contributed by atoms with Gasteiger partial charge in [-0.25, -0.2) is 0 Å². The zero-order valence-corrected chi connectivity index (χ0v) is 15.1. The van der Waals surface area contributed by atoms with Gasteiger partial charge in [0.05, 0.1) is 11.9 Å². The van der Waals surface area contributed by atoms with Gasteiger partial charge < -0.3 is 5.32 Å². The summed E-state index contributed by atoms with van der Waals surface area (Å²) >= 11 is 0. The molecule has 2 heterocycles. The molecule has 1 unspecified atom stereocenters. The van der Waals surface area contributed by atoms with Crippen LogP contribution in [0.5, 0.6) is 0 Å². The first-order valence-electron chi connectivity index (χ1n) is 8.72. The first kappa shape index (κ1) is 17.8. The van der Waals surface area contributed by atoms with Gasteiger partial charge in [-0.15, -0.1) is 0 Å². The van der Waals surface area contributed by atoms with E-state index in [1.807, 2.05) is 49.8 Å². The molecule has 7 nitrogen and oxygen atoms in total. The predicted octanol–water partition coefficient (Wildman–Crippen LogP) is 1.69. The van der Waals surface area contributed by atoms with Crippen LogP contribution < -0.4 is 10.3 Å². The van der Waals surface area contributed by atoms with Crippen molar-refractivity contribution in [3.8, 4) is 0 Å². The summed E-state index contributed by atoms with van der Waals surface area (Å²) in [7, 11) is 1.88. The average Bonchev–Trinajstić information content (AvgIpc) is 3.26. The molecule has 0 bridgehead atoms. The summed E-state index contributed by atoms with van der Waals surface area (Å²) in [5.41, 5.74) is 2.36. The third kappa shape index (κ3) is 4.17. The van der Waals surface area contributed by atoms with Crippen LogP contribution in [0.15, 0.2) is 47.8 Å². The molecule has 136 valence electrons. The van der Waals surface area contributed by atoms with E-state index in [1.54, 1.807) is 9.69 Å². The number of carbonyl (C=O) groups excluding carboxylic acids is 2. The Morgan fingerprint density at radius 3 is 2.69 bits per heavy atom. The van der Waals surface area contributed by atoms with Crippen molar-refractivity contribution in [3.05, 3.63) is 48.3 Å². The second-order valence-corrected chi connectivity index (χ2v) is 6.44. The third-order valence-electron chi connectivity index (χ3n) is 4.35. The number of nitrogens with one attached hydrogen (secondary N) is 1. The van der Waals surface area contributed by atoms with Gasteiger partial charge in [0.25, 0.3) is 5.91 Å². The first-order valence-corrected chi connectivity index (χ1v) is 8.72. The second-order valence-electron chi connectivity index (χ2n) is 6.44. The summed E-state index contributed by atoms with van der Waals surface area (Å²) in [4.78, 5) is 24.4. The van der Waals surface area contributed by atoms with Crippen molar-refractivity contribution >= 4 is 23.1 Å². The minimum Gasteiger partial charge on any atom is -0.351 e. The molecule has 2 aromatic rings. The number of carbonyl (C=O) groups is 2. The molecule has 0 spiro atoms. The number of Topliss-reactive ketones (excluding diaryl/α,β-unsaturated/α-hetero) is 1. The van der Waals surface area contributed by atoms with Crippen molar-refractivity contribution in [1.82, 2.24) is 15.1 Å². The monoisotopic (exact) mass is 353 g/mol. The molecule has 1 aromatic heterocycles. The summed E-state index contributed by atoms with van der Waals surface area (Å²) in [5.74, 6) is -0.210. The molecule has 1 aromatic carbocycles. The maximum absolute atomic E-state index is 12.4. The Morgan fingerprint density at radius 2 is 2.04 bits per heavy atom. The lowest BCUT2D eigenvalue weighted by Gasteiger charge is -2.20. The molecule has 0 radical (unpaired) electrons. The highest BCUT2D eigenvalue weighted by Crippen LogP contribution is 2.24. The molecule has 3 rings (SSSR count). The molecule has 1 amide bonds. The number of amides is 1. The average molecular weight is 353 g/mol. The number of anilines is 1. The molecular weight excluding hydrogens is 330 g/mol. The fraction of sp³-hybridized carbons (Fsp3) is 0.368. The molecule has 26 heavy (non-hydrogen) atoms. The molecule has 1 atom stereocenters. The highest BCUT2D eigenvalue weighted by Gasteiger charge is 2.33. The Kier molecular flexibility index (Phi) is 5.46. The molecule has 7 heteroatoms. The van der Waals surface area contributed by atoms with Crippen LogP contribution in [0.4, 0.5) is 5.69 Å². The maximum atomic E-state index is 12.4. The van der Waals surface area contributed by atoms with Gasteiger partial charge in [-0.2, -0.15) is 10.2 Å². The fourth-order valence-corrected chi connectivity index (χ4v) is 2.98. The Labute approximate surface area is 152 Å². The molecule has 0 aliphatic carbocycles. The van der Waals surface area contributed by atoms with Gasteiger partial charge in [-0.3, -0.25) is 19.3 Å². The highest BCUT2D eigenvalue weighted by molar-refractivity contribution is 6.40. The molecule has 1 aliphatic heterocycles.